The summed E-state index contributed by atoms with van der Waals surface area (Å²) in [5.74, 6) is 0.197. The van der Waals surface area contributed by atoms with Crippen LogP contribution in [-0.2, 0) is 4.79 Å². The number of carbonyl (C=O) groups excluding carboxylic acids is 1. The number of hydrogen-bond acceptors (Lipinski definition) is 3. The van der Waals surface area contributed by atoms with Gasteiger partial charge in [-0.15, -0.1) is 0 Å². The van der Waals surface area contributed by atoms with Crippen molar-refractivity contribution >= 4 is 11.6 Å². The summed E-state index contributed by atoms with van der Waals surface area (Å²) in [5.41, 5.74) is 1.93. The number of carbonyl (C=O) groups is 1. The minimum Gasteiger partial charge on any atom is -0.388 e. The van der Waals surface area contributed by atoms with Gasteiger partial charge >= 0.3 is 0 Å². The Bertz CT molecular complexity index is 438. The fourth-order valence-electron chi connectivity index (χ4n) is 2.55. The van der Waals surface area contributed by atoms with Crippen LogP contribution in [-0.4, -0.2) is 42.6 Å². The summed E-state index contributed by atoms with van der Waals surface area (Å²) in [6.07, 6.45) is 2.56. The number of benzene rings is 1. The predicted molar refractivity (Wildman–Crippen MR) is 80.8 cm³/mol. The van der Waals surface area contributed by atoms with E-state index in [9.17, 15) is 9.90 Å². The van der Waals surface area contributed by atoms with Crippen LogP contribution in [0.25, 0.3) is 0 Å². The van der Waals surface area contributed by atoms with Gasteiger partial charge in [0.1, 0.15) is 0 Å². The van der Waals surface area contributed by atoms with E-state index in [1.54, 1.807) is 0 Å². The highest BCUT2D eigenvalue weighted by Crippen LogP contribution is 2.20. The number of likely N-dealkylation sites (tertiary alicyclic amines) is 1. The van der Waals surface area contributed by atoms with Crippen LogP contribution in [0.1, 0.15) is 37.9 Å². The maximum absolute atomic E-state index is 12.1. The largest absolute Gasteiger partial charge is 0.388 e. The molecule has 0 aromatic heterocycles. The van der Waals surface area contributed by atoms with Crippen molar-refractivity contribution in [2.45, 2.75) is 32.3 Å². The van der Waals surface area contributed by atoms with Crippen molar-refractivity contribution in [3.8, 4) is 0 Å². The molecule has 4 heteroatoms. The maximum atomic E-state index is 12.1. The lowest BCUT2D eigenvalue weighted by Crippen LogP contribution is -2.37. The third kappa shape index (κ3) is 3.51. The summed E-state index contributed by atoms with van der Waals surface area (Å²) in [6, 6.07) is 7.79. The fraction of sp³-hybridized carbons (Fsp3) is 0.562. The first-order valence-electron chi connectivity index (χ1n) is 7.38. The number of aliphatic hydroxyl groups excluding tert-OH is 1. The van der Waals surface area contributed by atoms with E-state index in [1.807, 2.05) is 48.0 Å². The number of hydrogen-bond donors (Lipinski definition) is 1. The molecule has 1 aromatic rings. The molecule has 4 nitrogen and oxygen atoms in total. The molecule has 1 heterocycles. The van der Waals surface area contributed by atoms with Gasteiger partial charge in [0.2, 0.25) is 5.91 Å². The molecular weight excluding hydrogens is 252 g/mol. The Morgan fingerprint density at radius 1 is 1.30 bits per heavy atom. The molecule has 1 fully saturated rings. The summed E-state index contributed by atoms with van der Waals surface area (Å²) >= 11 is 0. The Morgan fingerprint density at radius 2 is 1.90 bits per heavy atom. The van der Waals surface area contributed by atoms with Crippen molar-refractivity contribution in [3.05, 3.63) is 29.8 Å². The van der Waals surface area contributed by atoms with Gasteiger partial charge < -0.3 is 14.9 Å². The molecule has 110 valence electrons. The highest BCUT2D eigenvalue weighted by Gasteiger charge is 2.19. The molecule has 0 saturated carbocycles. The molecule has 0 radical (unpaired) electrons. The second kappa shape index (κ2) is 6.75. The van der Waals surface area contributed by atoms with Gasteiger partial charge in [0, 0.05) is 25.8 Å². The summed E-state index contributed by atoms with van der Waals surface area (Å²) in [5, 5.41) is 9.77. The molecule has 0 unspecified atom stereocenters. The van der Waals surface area contributed by atoms with Crippen LogP contribution in [0.5, 0.6) is 0 Å². The predicted octanol–water partition coefficient (Wildman–Crippen LogP) is 2.19. The summed E-state index contributed by atoms with van der Waals surface area (Å²) in [7, 11) is 1.93. The van der Waals surface area contributed by atoms with Gasteiger partial charge in [-0.2, -0.15) is 0 Å². The number of nitrogens with zero attached hydrogens (tertiary/aromatic N) is 2. The zero-order valence-electron chi connectivity index (χ0n) is 12.4. The average molecular weight is 276 g/mol. The summed E-state index contributed by atoms with van der Waals surface area (Å²) in [4.78, 5) is 16.0. The van der Waals surface area contributed by atoms with Gasteiger partial charge in [-0.1, -0.05) is 19.1 Å². The van der Waals surface area contributed by atoms with Gasteiger partial charge in [-0.05, 0) is 37.0 Å². The second-order valence-electron chi connectivity index (χ2n) is 5.46. The van der Waals surface area contributed by atoms with Crippen molar-refractivity contribution in [2.24, 2.45) is 0 Å². The van der Waals surface area contributed by atoms with Crippen LogP contribution in [0.2, 0.25) is 0 Å². The van der Waals surface area contributed by atoms with Crippen molar-refractivity contribution in [1.29, 1.82) is 0 Å². The zero-order valence-corrected chi connectivity index (χ0v) is 12.4. The van der Waals surface area contributed by atoms with E-state index in [-0.39, 0.29) is 5.91 Å². The van der Waals surface area contributed by atoms with Crippen molar-refractivity contribution < 1.29 is 9.90 Å². The third-order valence-electron chi connectivity index (χ3n) is 3.94. The number of anilines is 1. The van der Waals surface area contributed by atoms with Crippen LogP contribution in [0.4, 0.5) is 5.69 Å². The van der Waals surface area contributed by atoms with Crippen LogP contribution in [0.15, 0.2) is 24.3 Å². The Hall–Kier alpha value is -1.55. The minimum absolute atomic E-state index is 0.197. The number of rotatable bonds is 5. The van der Waals surface area contributed by atoms with E-state index in [0.717, 1.165) is 37.2 Å². The Balaban J connectivity index is 1.94. The molecule has 1 atom stereocenters. The van der Waals surface area contributed by atoms with Crippen molar-refractivity contribution in [1.82, 2.24) is 4.90 Å². The monoisotopic (exact) mass is 276 g/mol. The van der Waals surface area contributed by atoms with Gasteiger partial charge in [0.15, 0.2) is 0 Å². The number of likely N-dealkylation sites (N-methyl/N-ethyl adjacent to an activating group) is 1. The van der Waals surface area contributed by atoms with E-state index in [2.05, 4.69) is 0 Å². The van der Waals surface area contributed by atoms with Crippen molar-refractivity contribution in [2.75, 3.05) is 31.6 Å². The van der Waals surface area contributed by atoms with E-state index in [4.69, 9.17) is 0 Å². The Morgan fingerprint density at radius 3 is 2.45 bits per heavy atom. The molecule has 0 aliphatic carbocycles. The minimum atomic E-state index is -0.402. The van der Waals surface area contributed by atoms with E-state index < -0.39 is 6.10 Å². The first-order chi connectivity index (χ1) is 9.61. The van der Waals surface area contributed by atoms with Gasteiger partial charge in [0.25, 0.3) is 0 Å². The van der Waals surface area contributed by atoms with Gasteiger partial charge in [-0.3, -0.25) is 4.79 Å². The maximum Gasteiger partial charge on any atom is 0.242 e. The highest BCUT2D eigenvalue weighted by atomic mass is 16.3. The first-order valence-corrected chi connectivity index (χ1v) is 7.38. The van der Waals surface area contributed by atoms with Gasteiger partial charge in [0.05, 0.1) is 12.6 Å². The lowest BCUT2D eigenvalue weighted by Gasteiger charge is -2.23. The molecular formula is C16H24N2O2. The van der Waals surface area contributed by atoms with Crippen LogP contribution >= 0.6 is 0 Å². The quantitative estimate of drug-likeness (QED) is 0.896. The second-order valence-corrected chi connectivity index (χ2v) is 5.46. The molecule has 2 rings (SSSR count). The van der Waals surface area contributed by atoms with Gasteiger partial charge in [-0.25, -0.2) is 0 Å². The van der Waals surface area contributed by atoms with Crippen LogP contribution in [0, 0.1) is 0 Å². The van der Waals surface area contributed by atoms with Crippen molar-refractivity contribution in [3.63, 3.8) is 0 Å². The first kappa shape index (κ1) is 14.9. The summed E-state index contributed by atoms with van der Waals surface area (Å²) in [6.45, 7) is 4.16. The normalized spacial score (nSPS) is 16.2. The smallest absolute Gasteiger partial charge is 0.242 e. The van der Waals surface area contributed by atoms with Crippen LogP contribution in [0.3, 0.4) is 0 Å². The zero-order chi connectivity index (χ0) is 14.5. The number of aliphatic hydroxyl groups is 1. The highest BCUT2D eigenvalue weighted by molar-refractivity contribution is 5.81. The average Bonchev–Trinajstić information content (AvgIpc) is 3.01. The lowest BCUT2D eigenvalue weighted by atomic mass is 10.1. The van der Waals surface area contributed by atoms with E-state index in [1.165, 1.54) is 0 Å². The molecule has 1 aromatic carbocycles. The molecule has 1 aliphatic rings. The fourth-order valence-corrected chi connectivity index (χ4v) is 2.55. The van der Waals surface area contributed by atoms with Crippen LogP contribution < -0.4 is 4.90 Å². The third-order valence-corrected chi connectivity index (χ3v) is 3.94. The van der Waals surface area contributed by atoms with E-state index in [0.29, 0.717) is 13.0 Å². The molecule has 0 spiro atoms. The molecule has 1 aliphatic heterocycles. The van der Waals surface area contributed by atoms with E-state index >= 15 is 0 Å². The molecule has 20 heavy (non-hydrogen) atoms. The molecule has 1 saturated heterocycles. The molecule has 1 N–H and O–H groups in total. The molecule has 1 amide bonds. The summed E-state index contributed by atoms with van der Waals surface area (Å²) < 4.78 is 0. The molecule has 0 bridgehead atoms. The number of amides is 1. The Labute approximate surface area is 121 Å². The standard InChI is InChI=1S/C16H24N2O2/c1-3-15(19)13-6-8-14(9-7-13)17(2)12-16(20)18-10-4-5-11-18/h6-9,15,19H,3-5,10-12H2,1-2H3/t15-/m0/s1. The SMILES string of the molecule is CC[C@H](O)c1ccc(N(C)CC(=O)N2CCCC2)cc1. The lowest BCUT2D eigenvalue weighted by molar-refractivity contribution is -0.128. The topological polar surface area (TPSA) is 43.8 Å². The Kier molecular flexibility index (Phi) is 5.01.